The van der Waals surface area contributed by atoms with Gasteiger partial charge >= 0.3 is 0 Å². The van der Waals surface area contributed by atoms with Crippen molar-refractivity contribution in [2.45, 2.75) is 137 Å². The van der Waals surface area contributed by atoms with Gasteiger partial charge in [-0.3, -0.25) is 9.59 Å². The van der Waals surface area contributed by atoms with Gasteiger partial charge in [0.25, 0.3) is 0 Å². The van der Waals surface area contributed by atoms with Gasteiger partial charge in [0.05, 0.1) is 26.4 Å². The van der Waals surface area contributed by atoms with E-state index in [9.17, 15) is 70.9 Å². The maximum Gasteiger partial charge on any atom is 0.217 e. The average molecular weight is 749 g/mol. The van der Waals surface area contributed by atoms with E-state index in [2.05, 4.69) is 10.6 Å². The number of aliphatic hydroxyl groups is 12. The van der Waals surface area contributed by atoms with Gasteiger partial charge < -0.3 is 105 Å². The number of amides is 2. The van der Waals surface area contributed by atoms with Crippen LogP contribution in [0.5, 0.6) is 0 Å². The summed E-state index contributed by atoms with van der Waals surface area (Å²) in [6, 6.07) is -2.96. The first-order valence-electron chi connectivity index (χ1n) is 16.1. The van der Waals surface area contributed by atoms with Gasteiger partial charge in [-0.25, -0.2) is 0 Å². The maximum atomic E-state index is 12.0. The molecule has 4 aliphatic heterocycles. The smallest absolute Gasteiger partial charge is 0.217 e. The van der Waals surface area contributed by atoms with E-state index in [1.807, 2.05) is 0 Å². The number of aliphatic hydroxyl groups excluding tert-OH is 12. The predicted molar refractivity (Wildman–Crippen MR) is 157 cm³/mol. The number of hydrogen-bond acceptors (Lipinski definition) is 21. The lowest BCUT2D eigenvalue weighted by atomic mass is 9.95. The fourth-order valence-electron chi connectivity index (χ4n) is 6.25. The molecule has 1 unspecified atom stereocenters. The first kappa shape index (κ1) is 41.9. The molecule has 0 aromatic rings. The van der Waals surface area contributed by atoms with E-state index in [0.29, 0.717) is 0 Å². The summed E-state index contributed by atoms with van der Waals surface area (Å²) in [5.41, 5.74) is 0. The molecule has 0 aromatic carbocycles. The topological polar surface area (TPSA) is 366 Å². The Morgan fingerprint density at radius 2 is 0.980 bits per heavy atom. The van der Waals surface area contributed by atoms with Gasteiger partial charge in [-0.15, -0.1) is 0 Å². The highest BCUT2D eigenvalue weighted by Crippen LogP contribution is 2.33. The number of hydrogen-bond donors (Lipinski definition) is 14. The number of nitrogens with one attached hydrogen (secondary N) is 2. The van der Waals surface area contributed by atoms with Crippen LogP contribution >= 0.6 is 0 Å². The van der Waals surface area contributed by atoms with Gasteiger partial charge in [0.2, 0.25) is 11.8 Å². The molecule has 4 heterocycles. The highest BCUT2D eigenvalue weighted by Gasteiger charge is 2.54. The second kappa shape index (κ2) is 18.0. The van der Waals surface area contributed by atoms with Crippen LogP contribution in [-0.4, -0.2) is 222 Å². The van der Waals surface area contributed by atoms with Crippen molar-refractivity contribution in [1.29, 1.82) is 0 Å². The van der Waals surface area contributed by atoms with E-state index in [4.69, 9.17) is 33.2 Å². The third kappa shape index (κ3) is 9.29. The van der Waals surface area contributed by atoms with Crippen molar-refractivity contribution in [2.24, 2.45) is 0 Å². The normalized spacial score (nSPS) is 47.8. The standard InChI is InChI=1S/C28H48N2O21/c1-7(34)29-13-18(39)15(36)9(3-31)47-26(13)45-6-12-17(38)24(51-27-14(30-8(2)35)19(40)16(37)10(4-32)48-27)22(43)28(49-12)50-23-11(5-33)46-25(44)21(42)20(23)41/h9-28,31-33,36-44H,3-6H2,1-2H3,(H,29,34)(H,30,35)/t9-,10-,11-,12-,13-,14-,15-,16-,17+,18-,19-,20-,21-,22-,23-,24+,25?,26-,27+,28+/m1/s1. The Balaban J connectivity index is 1.64. The van der Waals surface area contributed by atoms with Crippen molar-refractivity contribution in [3.8, 4) is 0 Å². The summed E-state index contributed by atoms with van der Waals surface area (Å²) in [7, 11) is 0. The quantitative estimate of drug-likeness (QED) is 0.0881. The molecule has 4 aliphatic rings. The zero-order chi connectivity index (χ0) is 37.9. The summed E-state index contributed by atoms with van der Waals surface area (Å²) in [6.45, 7) is -1.06. The van der Waals surface area contributed by atoms with Crippen molar-refractivity contribution in [3.63, 3.8) is 0 Å². The zero-order valence-corrected chi connectivity index (χ0v) is 27.4. The highest BCUT2D eigenvalue weighted by molar-refractivity contribution is 5.73. The molecule has 0 spiro atoms. The van der Waals surface area contributed by atoms with Gasteiger partial charge in [-0.1, -0.05) is 0 Å². The average Bonchev–Trinajstić information content (AvgIpc) is 3.08. The Bertz CT molecular complexity index is 1140. The minimum atomic E-state index is -2.07. The molecule has 4 fully saturated rings. The van der Waals surface area contributed by atoms with E-state index in [1.54, 1.807) is 0 Å². The lowest BCUT2D eigenvalue weighted by Gasteiger charge is -2.49. The summed E-state index contributed by atoms with van der Waals surface area (Å²) in [5.74, 6) is -1.39. The molecule has 0 saturated carbocycles. The van der Waals surface area contributed by atoms with Crippen LogP contribution in [0.1, 0.15) is 13.8 Å². The van der Waals surface area contributed by atoms with E-state index in [1.165, 1.54) is 0 Å². The molecule has 296 valence electrons. The van der Waals surface area contributed by atoms with Crippen LogP contribution in [0.2, 0.25) is 0 Å². The molecule has 4 saturated heterocycles. The number of ether oxygens (including phenoxy) is 7. The first-order chi connectivity index (χ1) is 24.0. The van der Waals surface area contributed by atoms with E-state index in [0.717, 1.165) is 13.8 Å². The van der Waals surface area contributed by atoms with Gasteiger partial charge in [-0.05, 0) is 0 Å². The third-order valence-corrected chi connectivity index (χ3v) is 8.99. The molecule has 4 rings (SSSR count). The van der Waals surface area contributed by atoms with Crippen molar-refractivity contribution in [2.75, 3.05) is 26.4 Å². The molecule has 51 heavy (non-hydrogen) atoms. The summed E-state index contributed by atoms with van der Waals surface area (Å²) >= 11 is 0. The van der Waals surface area contributed by atoms with E-state index in [-0.39, 0.29) is 0 Å². The van der Waals surface area contributed by atoms with Crippen molar-refractivity contribution >= 4 is 11.8 Å². The molecule has 23 heteroatoms. The van der Waals surface area contributed by atoms with Gasteiger partial charge in [-0.2, -0.15) is 0 Å². The van der Waals surface area contributed by atoms with Crippen molar-refractivity contribution in [1.82, 2.24) is 10.6 Å². The van der Waals surface area contributed by atoms with E-state index < -0.39 is 161 Å². The fraction of sp³-hybridized carbons (Fsp3) is 0.929. The summed E-state index contributed by atoms with van der Waals surface area (Å²) < 4.78 is 39.2. The lowest BCUT2D eigenvalue weighted by molar-refractivity contribution is -0.376. The SMILES string of the molecule is CC(=O)N[C@H]1[C@H](OC[C@H]2O[C@@H](O[C@H]3[C@H](O)[C@@H](O)C(O)O[C@@H]3CO)[C@H](O)[C@@H](O[C@@H]3O[C@H](CO)[C@@H](O)[C@H](O)[C@H]3NC(C)=O)[C@H]2O)O[C@H](CO)[C@@H](O)[C@@H]1O. The Morgan fingerprint density at radius 1 is 0.510 bits per heavy atom. The van der Waals surface area contributed by atoms with Crippen LogP contribution in [0.15, 0.2) is 0 Å². The number of carbonyl (C=O) groups is 2. The Kier molecular flexibility index (Phi) is 14.8. The van der Waals surface area contributed by atoms with Gasteiger partial charge in [0.15, 0.2) is 25.2 Å². The molecule has 0 aromatic heterocycles. The van der Waals surface area contributed by atoms with Crippen molar-refractivity contribution in [3.05, 3.63) is 0 Å². The number of carbonyl (C=O) groups excluding carboxylic acids is 2. The van der Waals surface area contributed by atoms with Crippen LogP contribution in [-0.2, 0) is 42.7 Å². The van der Waals surface area contributed by atoms with E-state index >= 15 is 0 Å². The molecular weight excluding hydrogens is 700 g/mol. The number of rotatable bonds is 12. The van der Waals surface area contributed by atoms with Crippen LogP contribution in [0.3, 0.4) is 0 Å². The zero-order valence-electron chi connectivity index (χ0n) is 27.4. The second-order valence-corrected chi connectivity index (χ2v) is 12.7. The minimum Gasteiger partial charge on any atom is -0.394 e. The van der Waals surface area contributed by atoms with Crippen molar-refractivity contribution < 1.29 is 104 Å². The Morgan fingerprint density at radius 3 is 1.49 bits per heavy atom. The third-order valence-electron chi connectivity index (χ3n) is 8.99. The summed E-state index contributed by atoms with van der Waals surface area (Å²) in [6.07, 6.45) is -31.7. The Labute approximate surface area is 289 Å². The molecular formula is C28H48N2O21. The first-order valence-corrected chi connectivity index (χ1v) is 16.1. The predicted octanol–water partition coefficient (Wildman–Crippen LogP) is -9.46. The molecule has 14 N–H and O–H groups in total. The molecule has 20 atom stereocenters. The van der Waals surface area contributed by atoms with Crippen LogP contribution < -0.4 is 10.6 Å². The van der Waals surface area contributed by atoms with Crippen LogP contribution in [0.4, 0.5) is 0 Å². The Hall–Kier alpha value is -1.82. The van der Waals surface area contributed by atoms with Gasteiger partial charge in [0, 0.05) is 13.8 Å². The highest BCUT2D eigenvalue weighted by atomic mass is 16.8. The van der Waals surface area contributed by atoms with Gasteiger partial charge in [0.1, 0.15) is 97.5 Å². The molecule has 2 amide bonds. The summed E-state index contributed by atoms with van der Waals surface area (Å²) in [4.78, 5) is 23.8. The minimum absolute atomic E-state index is 0.668. The monoisotopic (exact) mass is 748 g/mol. The second-order valence-electron chi connectivity index (χ2n) is 12.7. The van der Waals surface area contributed by atoms with Crippen LogP contribution in [0.25, 0.3) is 0 Å². The maximum absolute atomic E-state index is 12.0. The fourth-order valence-corrected chi connectivity index (χ4v) is 6.25. The molecule has 23 nitrogen and oxygen atoms in total. The lowest BCUT2D eigenvalue weighted by Crippen LogP contribution is -2.69. The molecule has 0 aliphatic carbocycles. The van der Waals surface area contributed by atoms with Crippen LogP contribution in [0, 0.1) is 0 Å². The summed E-state index contributed by atoms with van der Waals surface area (Å²) in [5, 5.41) is 130. The molecule has 0 radical (unpaired) electrons. The molecule has 0 bridgehead atoms. The largest absolute Gasteiger partial charge is 0.394 e.